The number of nitrogens with one attached hydrogen (secondary N) is 1. The maximum atomic E-state index is 13.3. The van der Waals surface area contributed by atoms with Crippen molar-refractivity contribution in [2.24, 2.45) is 4.99 Å². The molecule has 5 nitrogen and oxygen atoms in total. The van der Waals surface area contributed by atoms with Gasteiger partial charge in [0.05, 0.1) is 27.7 Å². The molecule has 1 fully saturated rings. The van der Waals surface area contributed by atoms with E-state index in [1.807, 2.05) is 71.4 Å². The molecule has 7 heteroatoms. The first-order valence-electron chi connectivity index (χ1n) is 12.0. The number of aromatic nitrogens is 2. The molecule has 0 atom stereocenters. The summed E-state index contributed by atoms with van der Waals surface area (Å²) in [5, 5.41) is 7.50. The van der Waals surface area contributed by atoms with Gasteiger partial charge in [-0.15, -0.1) is 0 Å². The summed E-state index contributed by atoms with van der Waals surface area (Å²) in [7, 11) is 0. The number of hydrogen-bond acceptors (Lipinski definition) is 4. The molecule has 0 unspecified atom stereocenters. The smallest absolute Gasteiger partial charge is 0.289 e. The molecular formula is C31H21FN4OS. The Kier molecular flexibility index (Phi) is 6.42. The molecule has 4 aromatic carbocycles. The zero-order valence-electron chi connectivity index (χ0n) is 20.1. The second-order valence-corrected chi connectivity index (χ2v) is 9.62. The molecule has 0 aliphatic carbocycles. The lowest BCUT2D eigenvalue weighted by atomic mass is 10.1. The number of benzene rings is 4. The number of rotatable bonds is 5. The molecule has 1 aliphatic heterocycles. The van der Waals surface area contributed by atoms with Crippen LogP contribution in [0.4, 0.5) is 14.9 Å². The minimum Gasteiger partial charge on any atom is -0.300 e. The van der Waals surface area contributed by atoms with Crippen molar-refractivity contribution in [2.45, 2.75) is 0 Å². The van der Waals surface area contributed by atoms with Gasteiger partial charge >= 0.3 is 0 Å². The van der Waals surface area contributed by atoms with E-state index in [1.54, 1.807) is 12.1 Å². The monoisotopic (exact) mass is 516 g/mol. The Morgan fingerprint density at radius 3 is 2.16 bits per heavy atom. The number of halogens is 1. The molecule has 0 radical (unpaired) electrons. The third kappa shape index (κ3) is 5.05. The van der Waals surface area contributed by atoms with Crippen LogP contribution in [0.15, 0.2) is 125 Å². The minimum absolute atomic E-state index is 0.203. The lowest BCUT2D eigenvalue weighted by Crippen LogP contribution is -2.18. The fourth-order valence-corrected chi connectivity index (χ4v) is 4.90. The van der Waals surface area contributed by atoms with Gasteiger partial charge in [-0.3, -0.25) is 4.79 Å². The second kappa shape index (κ2) is 10.3. The van der Waals surface area contributed by atoms with Crippen molar-refractivity contribution in [3.05, 3.63) is 132 Å². The summed E-state index contributed by atoms with van der Waals surface area (Å²) in [6.45, 7) is 0. The first-order valence-corrected chi connectivity index (χ1v) is 12.8. The summed E-state index contributed by atoms with van der Waals surface area (Å²) in [5.74, 6) is 0.111. The van der Waals surface area contributed by atoms with Crippen molar-refractivity contribution in [2.75, 3.05) is 0 Å². The Hall–Kier alpha value is -4.75. The SMILES string of the molecule is O=C1NC(=Nc2ccc(F)cc2)C(=Cc2ccc(-n3nc(-c4ccccc4)cc3-c3ccccc3)cc2)S1. The predicted octanol–water partition coefficient (Wildman–Crippen LogP) is 7.87. The standard InChI is InChI=1S/C31H21FN4OS/c32-24-13-15-25(16-14-24)33-30-29(38-31(37)34-30)19-21-11-17-26(18-12-21)36-28(23-9-5-2-6-10-23)20-27(35-36)22-7-3-1-4-8-22/h1-20H,(H,33,34,37). The molecule has 184 valence electrons. The Balaban J connectivity index is 1.34. The highest BCUT2D eigenvalue weighted by atomic mass is 32.2. The van der Waals surface area contributed by atoms with Gasteiger partial charge in [0.25, 0.3) is 5.24 Å². The third-order valence-corrected chi connectivity index (χ3v) is 6.83. The Morgan fingerprint density at radius 2 is 1.47 bits per heavy atom. The molecule has 1 amide bonds. The van der Waals surface area contributed by atoms with Crippen LogP contribution in [0.3, 0.4) is 0 Å². The van der Waals surface area contributed by atoms with Crippen LogP contribution in [0.2, 0.25) is 0 Å². The van der Waals surface area contributed by atoms with Crippen LogP contribution in [-0.2, 0) is 0 Å². The van der Waals surface area contributed by atoms with E-state index in [9.17, 15) is 9.18 Å². The van der Waals surface area contributed by atoms with E-state index < -0.39 is 0 Å². The maximum absolute atomic E-state index is 13.3. The van der Waals surface area contributed by atoms with Crippen molar-refractivity contribution < 1.29 is 9.18 Å². The van der Waals surface area contributed by atoms with Crippen LogP contribution in [0.5, 0.6) is 0 Å². The Morgan fingerprint density at radius 1 is 0.816 bits per heavy atom. The molecule has 6 rings (SSSR count). The van der Waals surface area contributed by atoms with Crippen LogP contribution in [0.1, 0.15) is 5.56 Å². The molecule has 0 bridgehead atoms. The lowest BCUT2D eigenvalue weighted by Gasteiger charge is -2.08. The Bertz CT molecular complexity index is 1660. The highest BCUT2D eigenvalue weighted by Gasteiger charge is 2.23. The molecule has 5 aromatic rings. The zero-order chi connectivity index (χ0) is 25.9. The lowest BCUT2D eigenvalue weighted by molar-refractivity contribution is 0.265. The number of nitrogens with zero attached hydrogens (tertiary/aromatic N) is 3. The fourth-order valence-electron chi connectivity index (χ4n) is 4.16. The number of carbonyl (C=O) groups is 1. The van der Waals surface area contributed by atoms with E-state index in [0.717, 1.165) is 45.5 Å². The molecule has 0 saturated carbocycles. The molecule has 38 heavy (non-hydrogen) atoms. The predicted molar refractivity (Wildman–Crippen MR) is 152 cm³/mol. The number of aliphatic imine (C=N–C) groups is 1. The van der Waals surface area contributed by atoms with Crippen LogP contribution >= 0.6 is 11.8 Å². The minimum atomic E-state index is -0.335. The first kappa shape index (κ1) is 23.6. The van der Waals surface area contributed by atoms with Crippen LogP contribution < -0.4 is 5.32 Å². The number of carbonyl (C=O) groups excluding carboxylic acids is 1. The van der Waals surface area contributed by atoms with E-state index in [0.29, 0.717) is 16.4 Å². The molecule has 1 aliphatic rings. The fraction of sp³-hybridized carbons (Fsp3) is 0. The number of hydrogen-bond donors (Lipinski definition) is 1. The largest absolute Gasteiger partial charge is 0.300 e. The van der Waals surface area contributed by atoms with E-state index in [-0.39, 0.29) is 11.1 Å². The van der Waals surface area contributed by atoms with E-state index in [2.05, 4.69) is 40.6 Å². The van der Waals surface area contributed by atoms with Gasteiger partial charge in [0, 0.05) is 11.1 Å². The van der Waals surface area contributed by atoms with Crippen LogP contribution in [0, 0.1) is 5.82 Å². The molecule has 1 N–H and O–H groups in total. The van der Waals surface area contributed by atoms with Gasteiger partial charge in [-0.1, -0.05) is 72.8 Å². The van der Waals surface area contributed by atoms with Crippen molar-refractivity contribution in [3.63, 3.8) is 0 Å². The van der Waals surface area contributed by atoms with E-state index in [1.165, 1.54) is 12.1 Å². The Labute approximate surface area is 223 Å². The van der Waals surface area contributed by atoms with Crippen LogP contribution in [-0.4, -0.2) is 20.9 Å². The van der Waals surface area contributed by atoms with Crippen molar-refractivity contribution in [3.8, 4) is 28.2 Å². The van der Waals surface area contributed by atoms with Gasteiger partial charge in [0.1, 0.15) is 11.7 Å². The molecule has 1 aromatic heterocycles. The zero-order valence-corrected chi connectivity index (χ0v) is 20.9. The quantitative estimate of drug-likeness (QED) is 0.259. The van der Waals surface area contributed by atoms with Crippen LogP contribution in [0.25, 0.3) is 34.3 Å². The van der Waals surface area contributed by atoms with Crippen molar-refractivity contribution in [1.29, 1.82) is 0 Å². The first-order chi connectivity index (χ1) is 18.6. The van der Waals surface area contributed by atoms with Gasteiger partial charge in [-0.25, -0.2) is 14.1 Å². The summed E-state index contributed by atoms with van der Waals surface area (Å²) >= 11 is 1.08. The van der Waals surface area contributed by atoms with E-state index >= 15 is 0 Å². The topological polar surface area (TPSA) is 59.3 Å². The average Bonchev–Trinajstić information content (AvgIpc) is 3.55. The maximum Gasteiger partial charge on any atom is 0.289 e. The summed E-state index contributed by atoms with van der Waals surface area (Å²) in [4.78, 5) is 17.3. The van der Waals surface area contributed by atoms with Crippen molar-refractivity contribution >= 4 is 34.6 Å². The summed E-state index contributed by atoms with van der Waals surface area (Å²) < 4.78 is 15.2. The van der Waals surface area contributed by atoms with Gasteiger partial charge in [0.15, 0.2) is 0 Å². The van der Waals surface area contributed by atoms with Gasteiger partial charge in [0.2, 0.25) is 0 Å². The van der Waals surface area contributed by atoms with E-state index in [4.69, 9.17) is 5.10 Å². The average molecular weight is 517 g/mol. The second-order valence-electron chi connectivity index (χ2n) is 8.61. The third-order valence-electron chi connectivity index (χ3n) is 6.01. The molecular weight excluding hydrogens is 495 g/mol. The normalized spacial score (nSPS) is 15.2. The summed E-state index contributed by atoms with van der Waals surface area (Å²) in [6.07, 6.45) is 1.91. The number of thioether (sulfide) groups is 1. The highest BCUT2D eigenvalue weighted by Crippen LogP contribution is 2.31. The highest BCUT2D eigenvalue weighted by molar-refractivity contribution is 8.18. The van der Waals surface area contributed by atoms with Gasteiger partial charge in [-0.05, 0) is 65.9 Å². The molecule has 0 spiro atoms. The van der Waals surface area contributed by atoms with Gasteiger partial charge in [-0.2, -0.15) is 5.10 Å². The summed E-state index contributed by atoms with van der Waals surface area (Å²) in [6, 6.07) is 36.2. The number of amides is 1. The van der Waals surface area contributed by atoms with Crippen molar-refractivity contribution in [1.82, 2.24) is 15.1 Å². The number of amidine groups is 1. The van der Waals surface area contributed by atoms with Gasteiger partial charge < -0.3 is 5.32 Å². The molecule has 1 saturated heterocycles. The summed E-state index contributed by atoms with van der Waals surface area (Å²) in [5.41, 5.74) is 6.40. The molecule has 2 heterocycles.